The van der Waals surface area contributed by atoms with E-state index in [0.717, 1.165) is 18.9 Å². The molecule has 3 nitrogen and oxygen atoms in total. The Bertz CT molecular complexity index is 259. The number of nitrogens with one attached hydrogen (secondary N) is 1. The molecule has 0 aromatic carbocycles. The molecule has 0 unspecified atom stereocenters. The molecule has 1 aromatic heterocycles. The van der Waals surface area contributed by atoms with Crippen LogP contribution in [0.25, 0.3) is 0 Å². The first kappa shape index (κ1) is 11.3. The van der Waals surface area contributed by atoms with E-state index in [4.69, 9.17) is 0 Å². The lowest BCUT2D eigenvalue weighted by atomic mass is 10.2. The molecule has 1 N–H and O–H groups in total. The molecule has 0 saturated carbocycles. The number of pyridine rings is 1. The second-order valence-corrected chi connectivity index (χ2v) is 3.45. The number of hydrogen-bond donors (Lipinski definition) is 1. The Kier molecular flexibility index (Phi) is 4.17. The number of likely N-dealkylation sites (N-methyl/N-ethyl adjacent to an activating group) is 1. The smallest absolute Gasteiger partial charge is 0.128 e. The third-order valence-corrected chi connectivity index (χ3v) is 2.59. The Labute approximate surface area is 90.9 Å². The summed E-state index contributed by atoms with van der Waals surface area (Å²) in [6, 6.07) is 6.64. The zero-order valence-electron chi connectivity index (χ0n) is 8.31. The van der Waals surface area contributed by atoms with Gasteiger partial charge in [0, 0.05) is 25.8 Å². The van der Waals surface area contributed by atoms with Crippen molar-refractivity contribution in [3.63, 3.8) is 0 Å². The van der Waals surface area contributed by atoms with Crippen LogP contribution in [-0.2, 0) is 0 Å². The third-order valence-electron chi connectivity index (χ3n) is 2.59. The normalized spacial score (nSPS) is 20.2. The molecule has 2 rings (SSSR count). The van der Waals surface area contributed by atoms with Crippen LogP contribution in [0.4, 0.5) is 5.82 Å². The highest BCUT2D eigenvalue weighted by molar-refractivity contribution is 5.85. The number of hydrogen-bond acceptors (Lipinski definition) is 3. The van der Waals surface area contributed by atoms with Crippen LogP contribution in [0, 0.1) is 0 Å². The maximum Gasteiger partial charge on any atom is 0.128 e. The maximum absolute atomic E-state index is 4.32. The van der Waals surface area contributed by atoms with E-state index in [-0.39, 0.29) is 12.4 Å². The number of aromatic nitrogens is 1. The van der Waals surface area contributed by atoms with Gasteiger partial charge in [-0.3, -0.25) is 0 Å². The second-order valence-electron chi connectivity index (χ2n) is 3.45. The van der Waals surface area contributed by atoms with Crippen molar-refractivity contribution in [2.24, 2.45) is 0 Å². The fourth-order valence-electron chi connectivity index (χ4n) is 1.72. The van der Waals surface area contributed by atoms with Gasteiger partial charge in [-0.05, 0) is 25.1 Å². The van der Waals surface area contributed by atoms with Gasteiger partial charge in [0.15, 0.2) is 0 Å². The Balaban J connectivity index is 0.000000980. The monoisotopic (exact) mass is 213 g/mol. The predicted molar refractivity (Wildman–Crippen MR) is 61.2 cm³/mol. The molecule has 0 spiro atoms. The molecule has 78 valence electrons. The molecule has 0 bridgehead atoms. The van der Waals surface area contributed by atoms with Crippen LogP contribution in [0.15, 0.2) is 24.4 Å². The minimum atomic E-state index is 0. The topological polar surface area (TPSA) is 28.2 Å². The van der Waals surface area contributed by atoms with E-state index in [9.17, 15) is 0 Å². The summed E-state index contributed by atoms with van der Waals surface area (Å²) in [5, 5.41) is 3.35. The Morgan fingerprint density at radius 3 is 2.93 bits per heavy atom. The minimum absolute atomic E-state index is 0. The average molecular weight is 214 g/mol. The zero-order valence-corrected chi connectivity index (χ0v) is 9.13. The van der Waals surface area contributed by atoms with E-state index in [1.807, 2.05) is 18.3 Å². The highest BCUT2D eigenvalue weighted by Crippen LogP contribution is 2.14. The summed E-state index contributed by atoms with van der Waals surface area (Å²) in [6.45, 7) is 2.20. The van der Waals surface area contributed by atoms with Crippen LogP contribution in [0.1, 0.15) is 6.42 Å². The van der Waals surface area contributed by atoms with Crippen LogP contribution in [-0.4, -0.2) is 31.2 Å². The van der Waals surface area contributed by atoms with Crippen molar-refractivity contribution in [2.75, 3.05) is 25.0 Å². The van der Waals surface area contributed by atoms with Gasteiger partial charge < -0.3 is 10.2 Å². The van der Waals surface area contributed by atoms with Crippen molar-refractivity contribution in [1.82, 2.24) is 10.3 Å². The summed E-state index contributed by atoms with van der Waals surface area (Å²) in [7, 11) is 2.11. The second kappa shape index (κ2) is 5.17. The lowest BCUT2D eigenvalue weighted by Crippen LogP contribution is -2.33. The average Bonchev–Trinajstić information content (AvgIpc) is 2.71. The predicted octanol–water partition coefficient (Wildman–Crippen LogP) is 1.30. The van der Waals surface area contributed by atoms with Crippen molar-refractivity contribution >= 4 is 18.2 Å². The van der Waals surface area contributed by atoms with Crippen LogP contribution in [0.5, 0.6) is 0 Å². The van der Waals surface area contributed by atoms with Crippen molar-refractivity contribution in [1.29, 1.82) is 0 Å². The third kappa shape index (κ3) is 2.36. The lowest BCUT2D eigenvalue weighted by Gasteiger charge is -2.24. The van der Waals surface area contributed by atoms with E-state index >= 15 is 0 Å². The lowest BCUT2D eigenvalue weighted by molar-refractivity contribution is 0.678. The number of rotatable bonds is 2. The van der Waals surface area contributed by atoms with Crippen LogP contribution < -0.4 is 10.2 Å². The minimum Gasteiger partial charge on any atom is -0.355 e. The maximum atomic E-state index is 4.32. The molecule has 14 heavy (non-hydrogen) atoms. The molecule has 1 aliphatic heterocycles. The Morgan fingerprint density at radius 1 is 1.50 bits per heavy atom. The van der Waals surface area contributed by atoms with E-state index in [1.165, 1.54) is 6.42 Å². The molecule has 1 aliphatic rings. The molecule has 1 atom stereocenters. The standard InChI is InChI=1S/C10H15N3.ClH/c1-13(9-5-7-11-8-9)10-4-2-3-6-12-10;/h2-4,6,9,11H,5,7-8H2,1H3;1H/t9-;/m1./s1. The molecular weight excluding hydrogens is 198 g/mol. The van der Waals surface area contributed by atoms with E-state index < -0.39 is 0 Å². The molecule has 2 heterocycles. The zero-order chi connectivity index (χ0) is 9.10. The fourth-order valence-corrected chi connectivity index (χ4v) is 1.72. The van der Waals surface area contributed by atoms with E-state index in [0.29, 0.717) is 6.04 Å². The molecule has 0 aliphatic carbocycles. The van der Waals surface area contributed by atoms with Gasteiger partial charge in [0.2, 0.25) is 0 Å². The SMILES string of the molecule is CN(c1ccccn1)[C@@H]1CCNC1.Cl. The highest BCUT2D eigenvalue weighted by atomic mass is 35.5. The summed E-state index contributed by atoms with van der Waals surface area (Å²) < 4.78 is 0. The van der Waals surface area contributed by atoms with Gasteiger partial charge in [0.25, 0.3) is 0 Å². The van der Waals surface area contributed by atoms with Crippen molar-refractivity contribution in [2.45, 2.75) is 12.5 Å². The Hall–Kier alpha value is -0.800. The van der Waals surface area contributed by atoms with Crippen molar-refractivity contribution < 1.29 is 0 Å². The molecule has 4 heteroatoms. The van der Waals surface area contributed by atoms with Gasteiger partial charge in [-0.15, -0.1) is 12.4 Å². The number of halogens is 1. The van der Waals surface area contributed by atoms with Crippen molar-refractivity contribution in [3.8, 4) is 0 Å². The largest absolute Gasteiger partial charge is 0.355 e. The molecule has 1 saturated heterocycles. The summed E-state index contributed by atoms with van der Waals surface area (Å²) in [5.41, 5.74) is 0. The van der Waals surface area contributed by atoms with Crippen LogP contribution >= 0.6 is 12.4 Å². The van der Waals surface area contributed by atoms with E-state index in [2.05, 4.69) is 28.3 Å². The van der Waals surface area contributed by atoms with Gasteiger partial charge >= 0.3 is 0 Å². The highest BCUT2D eigenvalue weighted by Gasteiger charge is 2.19. The summed E-state index contributed by atoms with van der Waals surface area (Å²) >= 11 is 0. The fraction of sp³-hybridized carbons (Fsp3) is 0.500. The molecular formula is C10H16ClN3. The number of nitrogens with zero attached hydrogens (tertiary/aromatic N) is 2. The van der Waals surface area contributed by atoms with Gasteiger partial charge in [0.05, 0.1) is 0 Å². The summed E-state index contributed by atoms with van der Waals surface area (Å²) in [4.78, 5) is 6.57. The van der Waals surface area contributed by atoms with Gasteiger partial charge in [-0.25, -0.2) is 4.98 Å². The van der Waals surface area contributed by atoms with Gasteiger partial charge in [-0.1, -0.05) is 6.07 Å². The molecule has 1 aromatic rings. The van der Waals surface area contributed by atoms with Crippen LogP contribution in [0.2, 0.25) is 0 Å². The van der Waals surface area contributed by atoms with Crippen molar-refractivity contribution in [3.05, 3.63) is 24.4 Å². The summed E-state index contributed by atoms with van der Waals surface area (Å²) in [5.74, 6) is 1.07. The first-order valence-corrected chi connectivity index (χ1v) is 4.72. The molecule has 1 fully saturated rings. The summed E-state index contributed by atoms with van der Waals surface area (Å²) in [6.07, 6.45) is 3.06. The molecule has 0 amide bonds. The quantitative estimate of drug-likeness (QED) is 0.803. The number of anilines is 1. The first-order chi connectivity index (χ1) is 6.38. The van der Waals surface area contributed by atoms with Gasteiger partial charge in [0.1, 0.15) is 5.82 Å². The van der Waals surface area contributed by atoms with Gasteiger partial charge in [-0.2, -0.15) is 0 Å². The Morgan fingerprint density at radius 2 is 2.36 bits per heavy atom. The van der Waals surface area contributed by atoms with E-state index in [1.54, 1.807) is 0 Å². The first-order valence-electron chi connectivity index (χ1n) is 4.72. The molecule has 0 radical (unpaired) electrons. The van der Waals surface area contributed by atoms with Crippen LogP contribution in [0.3, 0.4) is 0 Å².